The molecule has 0 unspecified atom stereocenters. The van der Waals surface area contributed by atoms with Crippen LogP contribution in [0, 0.1) is 5.92 Å². The third-order valence-electron chi connectivity index (χ3n) is 8.68. The van der Waals surface area contributed by atoms with Gasteiger partial charge in [0.05, 0.1) is 18.8 Å². The molecule has 6 amide bonds. The van der Waals surface area contributed by atoms with Gasteiger partial charge in [0.2, 0.25) is 11.8 Å². The van der Waals surface area contributed by atoms with Crippen LogP contribution in [0.2, 0.25) is 0 Å². The zero-order valence-corrected chi connectivity index (χ0v) is 31.9. The van der Waals surface area contributed by atoms with E-state index < -0.39 is 47.7 Å². The van der Waals surface area contributed by atoms with Crippen molar-refractivity contribution in [3.05, 3.63) is 83.4 Å². The molecule has 2 atom stereocenters. The van der Waals surface area contributed by atoms with E-state index in [4.69, 9.17) is 19.9 Å². The molecule has 0 bridgehead atoms. The number of alkyl carbamates (subject to hydrolysis) is 2. The van der Waals surface area contributed by atoms with Gasteiger partial charge in [-0.05, 0) is 79.5 Å². The lowest BCUT2D eigenvalue weighted by Crippen LogP contribution is -2.54. The van der Waals surface area contributed by atoms with Gasteiger partial charge in [-0.1, -0.05) is 68.4 Å². The zero-order valence-electron chi connectivity index (χ0n) is 31.9. The van der Waals surface area contributed by atoms with Gasteiger partial charge in [0.1, 0.15) is 36.6 Å². The lowest BCUT2D eigenvalue weighted by atomic mass is 9.98. The Morgan fingerprint density at radius 2 is 1.49 bits per heavy atom. The molecule has 1 aliphatic carbocycles. The maximum absolute atomic E-state index is 13.8. The number of nitrogens with two attached hydrogens (primary N) is 1. The summed E-state index contributed by atoms with van der Waals surface area (Å²) < 4.78 is 16.8. The van der Waals surface area contributed by atoms with Gasteiger partial charge in [-0.3, -0.25) is 9.59 Å². The number of nitrogens with one attached hydrogen (secondary N) is 5. The fourth-order valence-electron chi connectivity index (χ4n) is 6.09. The van der Waals surface area contributed by atoms with Crippen molar-refractivity contribution in [3.63, 3.8) is 0 Å². The Morgan fingerprint density at radius 1 is 0.836 bits per heavy atom. The van der Waals surface area contributed by atoms with Crippen LogP contribution >= 0.6 is 0 Å². The van der Waals surface area contributed by atoms with Gasteiger partial charge in [0, 0.05) is 12.5 Å². The number of aliphatic hydroxyl groups is 1. The van der Waals surface area contributed by atoms with Crippen molar-refractivity contribution in [2.24, 2.45) is 11.7 Å². The molecule has 0 radical (unpaired) electrons. The summed E-state index contributed by atoms with van der Waals surface area (Å²) in [4.78, 5) is 64.0. The van der Waals surface area contributed by atoms with E-state index in [0.29, 0.717) is 5.56 Å². The Morgan fingerprint density at radius 3 is 2.09 bits per heavy atom. The number of benzene rings is 3. The van der Waals surface area contributed by atoms with Crippen LogP contribution in [0.4, 0.5) is 20.1 Å². The molecular weight excluding hydrogens is 708 g/mol. The van der Waals surface area contributed by atoms with Crippen LogP contribution in [-0.2, 0) is 25.7 Å². The minimum absolute atomic E-state index is 0.00749. The van der Waals surface area contributed by atoms with E-state index in [1.807, 2.05) is 48.5 Å². The molecule has 0 spiro atoms. The Hall–Kier alpha value is -5.83. The molecule has 296 valence electrons. The summed E-state index contributed by atoms with van der Waals surface area (Å²) in [6, 6.07) is 17.7. The van der Waals surface area contributed by atoms with Gasteiger partial charge in [-0.15, -0.1) is 0 Å². The Bertz CT molecular complexity index is 1780. The van der Waals surface area contributed by atoms with Crippen LogP contribution in [0.25, 0.3) is 11.1 Å². The Kier molecular flexibility index (Phi) is 14.8. The first-order valence-electron chi connectivity index (χ1n) is 18.3. The molecule has 15 heteroatoms. The second kappa shape index (κ2) is 19.5. The highest BCUT2D eigenvalue weighted by Gasteiger charge is 2.32. The maximum Gasteiger partial charge on any atom is 0.407 e. The molecule has 3 aromatic rings. The number of hydrogen-bond donors (Lipinski definition) is 7. The number of fused-ring (bicyclic) bond motifs is 3. The number of aliphatic hydroxyl groups excluding tert-OH is 1. The number of carbonyl (C=O) groups is 5. The topological polar surface area (TPSA) is 219 Å². The summed E-state index contributed by atoms with van der Waals surface area (Å²) in [5.74, 6) is -1.58. The van der Waals surface area contributed by atoms with Crippen LogP contribution in [0.3, 0.4) is 0 Å². The van der Waals surface area contributed by atoms with E-state index in [2.05, 4.69) is 26.6 Å². The standard InChI is InChI=1S/C40H52N6O9/c1-24(2)34(46-39(52)54-23-30-28-13-8-6-11-26(28)27-12-7-9-14-29(27)30)36(49)45-32(15-10-18-42-37(41)50)35(48)44-31-17-16-25(22-47)21-33(31)53-20-19-43-38(51)55-40(3,4)5/h6-9,11-14,16-17,21,24,30,32,34,47H,10,15,18-20,22-23H2,1-5H3,(H,43,51)(H,44,48)(H,45,49)(H,46,52)(H3,41,42,50)/t32-,34-/m0/s1. The van der Waals surface area contributed by atoms with Gasteiger partial charge in [-0.25, -0.2) is 14.4 Å². The van der Waals surface area contributed by atoms with Gasteiger partial charge < -0.3 is 51.6 Å². The molecule has 4 rings (SSSR count). The van der Waals surface area contributed by atoms with E-state index in [1.165, 1.54) is 0 Å². The molecule has 0 saturated carbocycles. The molecule has 0 fully saturated rings. The lowest BCUT2D eigenvalue weighted by Gasteiger charge is -2.26. The van der Waals surface area contributed by atoms with Crippen LogP contribution in [0.5, 0.6) is 5.75 Å². The molecule has 15 nitrogen and oxygen atoms in total. The van der Waals surface area contributed by atoms with Crippen molar-refractivity contribution in [2.75, 3.05) is 31.6 Å². The molecular formula is C40H52N6O9. The first kappa shape index (κ1) is 41.9. The smallest absolute Gasteiger partial charge is 0.407 e. The molecule has 1 aliphatic rings. The minimum Gasteiger partial charge on any atom is -0.490 e. The highest BCUT2D eigenvalue weighted by Crippen LogP contribution is 2.44. The second-order valence-corrected chi connectivity index (χ2v) is 14.4. The van der Waals surface area contributed by atoms with E-state index in [0.717, 1.165) is 22.3 Å². The summed E-state index contributed by atoms with van der Waals surface area (Å²) in [6.45, 7) is 8.74. The summed E-state index contributed by atoms with van der Waals surface area (Å²) in [5.41, 5.74) is 9.54. The number of ether oxygens (including phenoxy) is 3. The van der Waals surface area contributed by atoms with Crippen molar-refractivity contribution < 1.29 is 43.3 Å². The predicted molar refractivity (Wildman–Crippen MR) is 206 cm³/mol. The average molecular weight is 761 g/mol. The molecule has 55 heavy (non-hydrogen) atoms. The van der Waals surface area contributed by atoms with Crippen molar-refractivity contribution in [1.82, 2.24) is 21.3 Å². The van der Waals surface area contributed by atoms with E-state index >= 15 is 0 Å². The summed E-state index contributed by atoms with van der Waals surface area (Å²) >= 11 is 0. The van der Waals surface area contributed by atoms with E-state index in [-0.39, 0.29) is 69.0 Å². The summed E-state index contributed by atoms with van der Waals surface area (Å²) in [7, 11) is 0. The van der Waals surface area contributed by atoms with Crippen molar-refractivity contribution in [1.29, 1.82) is 0 Å². The fraction of sp³-hybridized carbons (Fsp3) is 0.425. The predicted octanol–water partition coefficient (Wildman–Crippen LogP) is 4.52. The maximum atomic E-state index is 13.8. The number of anilines is 1. The monoisotopic (exact) mass is 760 g/mol. The number of hydrogen-bond acceptors (Lipinski definition) is 9. The third kappa shape index (κ3) is 12.4. The van der Waals surface area contributed by atoms with Crippen LogP contribution < -0.4 is 37.1 Å². The number of carbonyl (C=O) groups excluding carboxylic acids is 5. The third-order valence-corrected chi connectivity index (χ3v) is 8.68. The highest BCUT2D eigenvalue weighted by atomic mass is 16.6. The molecule has 0 saturated heterocycles. The quantitative estimate of drug-likeness (QED) is 0.0961. The second-order valence-electron chi connectivity index (χ2n) is 14.4. The zero-order chi connectivity index (χ0) is 40.1. The number of rotatable bonds is 17. The Balaban J connectivity index is 1.42. The van der Waals surface area contributed by atoms with Gasteiger partial charge in [0.15, 0.2) is 0 Å². The lowest BCUT2D eigenvalue weighted by molar-refractivity contribution is -0.128. The number of urea groups is 1. The van der Waals surface area contributed by atoms with Crippen LogP contribution in [0.1, 0.15) is 70.1 Å². The molecule has 0 aliphatic heterocycles. The van der Waals surface area contributed by atoms with Crippen molar-refractivity contribution in [2.45, 2.75) is 77.7 Å². The van der Waals surface area contributed by atoms with E-state index in [9.17, 15) is 29.1 Å². The number of amides is 6. The average Bonchev–Trinajstić information content (AvgIpc) is 3.45. The SMILES string of the molecule is CC(C)[C@H](NC(=O)OCC1c2ccccc2-c2ccccc21)C(=O)N[C@@H](CCCNC(N)=O)C(=O)Nc1ccc(CO)cc1OCCNC(=O)OC(C)(C)C. The Labute approximate surface area is 321 Å². The van der Waals surface area contributed by atoms with Crippen molar-refractivity contribution in [3.8, 4) is 16.9 Å². The summed E-state index contributed by atoms with van der Waals surface area (Å²) in [6.07, 6.45) is -1.03. The minimum atomic E-state index is -1.12. The number of primary amides is 1. The first-order valence-corrected chi connectivity index (χ1v) is 18.3. The molecule has 0 heterocycles. The van der Waals surface area contributed by atoms with Crippen molar-refractivity contribution >= 4 is 35.7 Å². The fourth-order valence-corrected chi connectivity index (χ4v) is 6.09. The first-order chi connectivity index (χ1) is 26.2. The van der Waals surface area contributed by atoms with Gasteiger partial charge in [-0.2, -0.15) is 0 Å². The molecule has 0 aromatic heterocycles. The normalized spacial score (nSPS) is 13.1. The summed E-state index contributed by atoms with van der Waals surface area (Å²) in [5, 5.41) is 23.0. The molecule has 3 aromatic carbocycles. The van der Waals surface area contributed by atoms with Crippen LogP contribution in [-0.4, -0.2) is 79.1 Å². The van der Waals surface area contributed by atoms with Gasteiger partial charge >= 0.3 is 18.2 Å². The highest BCUT2D eigenvalue weighted by molar-refractivity contribution is 5.99. The van der Waals surface area contributed by atoms with Crippen LogP contribution in [0.15, 0.2) is 66.7 Å². The largest absolute Gasteiger partial charge is 0.490 e. The van der Waals surface area contributed by atoms with Gasteiger partial charge in [0.25, 0.3) is 0 Å². The van der Waals surface area contributed by atoms with E-state index in [1.54, 1.807) is 52.8 Å². The molecule has 8 N–H and O–H groups in total.